The maximum atomic E-state index is 12.5. The van der Waals surface area contributed by atoms with Crippen molar-refractivity contribution in [2.75, 3.05) is 19.8 Å². The predicted molar refractivity (Wildman–Crippen MR) is 109 cm³/mol. The van der Waals surface area contributed by atoms with E-state index in [0.717, 1.165) is 6.42 Å². The lowest BCUT2D eigenvalue weighted by atomic mass is 10.0. The summed E-state index contributed by atoms with van der Waals surface area (Å²) in [6.45, 7) is 6.42. The van der Waals surface area contributed by atoms with Crippen LogP contribution in [-0.2, 0) is 14.8 Å². The van der Waals surface area contributed by atoms with Gasteiger partial charge in [0.15, 0.2) is 0 Å². The Morgan fingerprint density at radius 1 is 0.964 bits per heavy atom. The van der Waals surface area contributed by atoms with Crippen LogP contribution in [0, 0.1) is 11.3 Å². The van der Waals surface area contributed by atoms with Gasteiger partial charge in [-0.1, -0.05) is 19.1 Å². The molecule has 0 unspecified atom stereocenters. The minimum Gasteiger partial charge on any atom is -0.490 e. The van der Waals surface area contributed by atoms with Gasteiger partial charge in [-0.3, -0.25) is 0 Å². The Morgan fingerprint density at radius 3 is 1.93 bits per heavy atom. The summed E-state index contributed by atoms with van der Waals surface area (Å²) in [6.07, 6.45) is 0.743. The predicted octanol–water partition coefficient (Wildman–Crippen LogP) is 3.58. The number of nitrogens with zero attached hydrogens (tertiary/aromatic N) is 1. The Labute approximate surface area is 167 Å². The average Bonchev–Trinajstić information content (AvgIpc) is 2.70. The second-order valence-corrected chi connectivity index (χ2v) is 9.08. The summed E-state index contributed by atoms with van der Waals surface area (Å²) >= 11 is 0. The van der Waals surface area contributed by atoms with Gasteiger partial charge in [0.1, 0.15) is 29.5 Å². The third-order valence-electron chi connectivity index (χ3n) is 4.37. The van der Waals surface area contributed by atoms with Gasteiger partial charge in [-0.15, -0.1) is 0 Å². The van der Waals surface area contributed by atoms with E-state index >= 15 is 0 Å². The van der Waals surface area contributed by atoms with Crippen molar-refractivity contribution in [1.82, 2.24) is 4.72 Å². The molecule has 0 heterocycles. The molecule has 0 aliphatic rings. The van der Waals surface area contributed by atoms with Crippen LogP contribution in [0.5, 0.6) is 11.5 Å². The molecule has 0 saturated heterocycles. The average molecular weight is 403 g/mol. The Balaban J connectivity index is 1.89. The molecule has 1 N–H and O–H groups in total. The number of rotatable bonds is 10. The molecule has 0 amide bonds. The van der Waals surface area contributed by atoms with Gasteiger partial charge in [0.2, 0.25) is 10.0 Å². The Bertz CT molecular complexity index is 899. The Kier molecular flexibility index (Phi) is 7.44. The summed E-state index contributed by atoms with van der Waals surface area (Å²) in [4.78, 5) is 0. The third-order valence-corrected chi connectivity index (χ3v) is 6.53. The molecule has 2 rings (SSSR count). The van der Waals surface area contributed by atoms with Gasteiger partial charge >= 0.3 is 0 Å². The molecule has 0 radical (unpaired) electrons. The quantitative estimate of drug-likeness (QED) is 0.614. The van der Waals surface area contributed by atoms with Crippen LogP contribution in [0.1, 0.15) is 38.3 Å². The second kappa shape index (κ2) is 9.58. The molecule has 150 valence electrons. The van der Waals surface area contributed by atoms with Crippen molar-refractivity contribution in [1.29, 1.82) is 5.26 Å². The summed E-state index contributed by atoms with van der Waals surface area (Å²) in [5.74, 6) is 1.31. The molecule has 0 spiro atoms. The summed E-state index contributed by atoms with van der Waals surface area (Å²) in [5.41, 5.74) is 1.27. The van der Waals surface area contributed by atoms with Crippen molar-refractivity contribution in [3.05, 3.63) is 59.7 Å². The fourth-order valence-corrected chi connectivity index (χ4v) is 3.75. The highest BCUT2D eigenvalue weighted by Gasteiger charge is 2.35. The lowest BCUT2D eigenvalue weighted by molar-refractivity contribution is 0.217. The highest BCUT2D eigenvalue weighted by atomic mass is 32.2. The molecular weight excluding hydrogens is 376 g/mol. The van der Waals surface area contributed by atoms with Crippen molar-refractivity contribution in [3.63, 3.8) is 0 Å². The van der Waals surface area contributed by atoms with E-state index in [1.165, 1.54) is 0 Å². The summed E-state index contributed by atoms with van der Waals surface area (Å²) in [5, 5.41) is 8.77. The Morgan fingerprint density at radius 2 is 1.46 bits per heavy atom. The second-order valence-electron chi connectivity index (χ2n) is 6.77. The van der Waals surface area contributed by atoms with E-state index in [1.807, 2.05) is 6.92 Å². The van der Waals surface area contributed by atoms with Crippen LogP contribution in [0.15, 0.2) is 48.5 Å². The van der Waals surface area contributed by atoms with E-state index in [0.29, 0.717) is 42.4 Å². The van der Waals surface area contributed by atoms with Crippen molar-refractivity contribution < 1.29 is 17.9 Å². The highest BCUT2D eigenvalue weighted by molar-refractivity contribution is 7.90. The van der Waals surface area contributed by atoms with Crippen LogP contribution in [-0.4, -0.2) is 28.2 Å². The molecule has 7 heteroatoms. The Hall–Kier alpha value is -2.56. The molecular formula is C21H26N2O4S. The van der Waals surface area contributed by atoms with Crippen molar-refractivity contribution in [2.45, 2.75) is 31.9 Å². The number of hydrogen-bond donors (Lipinski definition) is 1. The summed E-state index contributed by atoms with van der Waals surface area (Å²) < 4.78 is 37.8. The van der Waals surface area contributed by atoms with Crippen molar-refractivity contribution in [2.24, 2.45) is 0 Å². The van der Waals surface area contributed by atoms with Crippen molar-refractivity contribution >= 4 is 10.0 Å². The first kappa shape index (κ1) is 21.7. The monoisotopic (exact) mass is 402 g/mol. The van der Waals surface area contributed by atoms with Crippen LogP contribution in [0.2, 0.25) is 0 Å². The first-order valence-corrected chi connectivity index (χ1v) is 10.6. The van der Waals surface area contributed by atoms with Gasteiger partial charge in [-0.2, -0.15) is 5.26 Å². The van der Waals surface area contributed by atoms with E-state index < -0.39 is 14.8 Å². The zero-order chi connectivity index (χ0) is 20.6. The largest absolute Gasteiger partial charge is 0.490 e. The molecule has 0 aromatic heterocycles. The molecule has 0 saturated carbocycles. The molecule has 0 aliphatic carbocycles. The SMILES string of the molecule is CCCNS(=O)(=O)C(C)(C)c1ccc(OCCOc2ccc(C#N)cc2)cc1. The number of sulfonamides is 1. The van der Waals surface area contributed by atoms with E-state index in [-0.39, 0.29) is 0 Å². The molecule has 0 fully saturated rings. The smallest absolute Gasteiger partial charge is 0.221 e. The molecule has 6 nitrogen and oxygen atoms in total. The van der Waals surface area contributed by atoms with Gasteiger partial charge in [0.05, 0.1) is 11.6 Å². The zero-order valence-electron chi connectivity index (χ0n) is 16.4. The van der Waals surface area contributed by atoms with Crippen molar-refractivity contribution in [3.8, 4) is 17.6 Å². The van der Waals surface area contributed by atoms with Crippen LogP contribution in [0.4, 0.5) is 0 Å². The van der Waals surface area contributed by atoms with Gasteiger partial charge in [-0.05, 0) is 62.2 Å². The van der Waals surface area contributed by atoms with E-state index in [1.54, 1.807) is 62.4 Å². The summed E-state index contributed by atoms with van der Waals surface area (Å²) in [7, 11) is -3.48. The van der Waals surface area contributed by atoms with Crippen LogP contribution in [0.25, 0.3) is 0 Å². The fourth-order valence-electron chi connectivity index (χ4n) is 2.47. The maximum Gasteiger partial charge on any atom is 0.221 e. The number of hydrogen-bond acceptors (Lipinski definition) is 5. The van der Waals surface area contributed by atoms with Gasteiger partial charge in [0, 0.05) is 6.54 Å². The molecule has 2 aromatic rings. The fraction of sp³-hybridized carbons (Fsp3) is 0.381. The normalized spacial score (nSPS) is 11.6. The minimum atomic E-state index is -3.48. The highest BCUT2D eigenvalue weighted by Crippen LogP contribution is 2.30. The number of benzene rings is 2. The molecule has 0 atom stereocenters. The third kappa shape index (κ3) is 5.47. The minimum absolute atomic E-state index is 0.346. The number of nitriles is 1. The van der Waals surface area contributed by atoms with Gasteiger partial charge < -0.3 is 9.47 Å². The standard InChI is InChI=1S/C21H26N2O4S/c1-4-13-23-28(24,25)21(2,3)18-7-11-20(12-8-18)27-15-14-26-19-9-5-17(16-22)6-10-19/h5-12,23H,4,13-15H2,1-3H3. The van der Waals surface area contributed by atoms with Gasteiger partial charge in [0.25, 0.3) is 0 Å². The lowest BCUT2D eigenvalue weighted by Gasteiger charge is -2.25. The summed E-state index contributed by atoms with van der Waals surface area (Å²) in [6, 6.07) is 16.0. The lowest BCUT2D eigenvalue weighted by Crippen LogP contribution is -2.39. The molecule has 28 heavy (non-hydrogen) atoms. The number of nitrogens with one attached hydrogen (secondary N) is 1. The maximum absolute atomic E-state index is 12.5. The van der Waals surface area contributed by atoms with E-state index in [9.17, 15) is 8.42 Å². The van der Waals surface area contributed by atoms with Crippen LogP contribution in [0.3, 0.4) is 0 Å². The van der Waals surface area contributed by atoms with Crippen LogP contribution < -0.4 is 14.2 Å². The first-order chi connectivity index (χ1) is 13.3. The first-order valence-electron chi connectivity index (χ1n) is 9.15. The topological polar surface area (TPSA) is 88.4 Å². The zero-order valence-corrected chi connectivity index (χ0v) is 17.3. The molecule has 0 aliphatic heterocycles. The van der Waals surface area contributed by atoms with E-state index in [4.69, 9.17) is 14.7 Å². The van der Waals surface area contributed by atoms with Crippen LogP contribution >= 0.6 is 0 Å². The molecule has 2 aromatic carbocycles. The van der Waals surface area contributed by atoms with Gasteiger partial charge in [-0.25, -0.2) is 13.1 Å². The number of ether oxygens (including phenoxy) is 2. The molecule has 0 bridgehead atoms. The van der Waals surface area contributed by atoms with E-state index in [2.05, 4.69) is 10.8 Å².